The maximum absolute atomic E-state index is 11.9. The first-order chi connectivity index (χ1) is 8.58. The van der Waals surface area contributed by atoms with Crippen LogP contribution in [0.15, 0.2) is 48.5 Å². The first kappa shape index (κ1) is 12.8. The fourth-order valence-electron chi connectivity index (χ4n) is 1.49. The highest BCUT2D eigenvalue weighted by atomic mass is 35.5. The number of benzene rings is 2. The Morgan fingerprint density at radius 1 is 0.722 bits per heavy atom. The van der Waals surface area contributed by atoms with Crippen LogP contribution in [0.1, 0.15) is 20.7 Å². The van der Waals surface area contributed by atoms with Gasteiger partial charge in [-0.2, -0.15) is 0 Å². The Labute approximate surface area is 114 Å². The van der Waals surface area contributed by atoms with Crippen molar-refractivity contribution in [3.8, 4) is 0 Å². The summed E-state index contributed by atoms with van der Waals surface area (Å²) in [6.45, 7) is 0. The normalized spacial score (nSPS) is 10.1. The van der Waals surface area contributed by atoms with E-state index in [0.29, 0.717) is 15.6 Å². The molecule has 0 saturated carbocycles. The molecule has 0 unspecified atom stereocenters. The summed E-state index contributed by atoms with van der Waals surface area (Å²) in [6.07, 6.45) is 0. The lowest BCUT2D eigenvalue weighted by molar-refractivity contribution is 0.0817. The third-order valence-electron chi connectivity index (χ3n) is 2.40. The van der Waals surface area contributed by atoms with Crippen LogP contribution in [-0.2, 0) is 0 Å². The zero-order valence-corrected chi connectivity index (χ0v) is 10.7. The van der Waals surface area contributed by atoms with Crippen molar-refractivity contribution < 1.29 is 9.59 Å². The molecule has 0 amide bonds. The van der Waals surface area contributed by atoms with Gasteiger partial charge in [0.25, 0.3) is 0 Å². The molecule has 0 aliphatic rings. The highest BCUT2D eigenvalue weighted by Crippen LogP contribution is 2.15. The standard InChI is InChI=1S/C14H8Cl2O2/c15-11-6-4-9(5-7-11)13(17)14(18)10-2-1-3-12(16)8-10/h1-8H. The molecule has 0 saturated heterocycles. The highest BCUT2D eigenvalue weighted by Gasteiger charge is 2.18. The summed E-state index contributed by atoms with van der Waals surface area (Å²) in [5, 5.41) is 0.937. The van der Waals surface area contributed by atoms with Gasteiger partial charge in [-0.15, -0.1) is 0 Å². The molecule has 2 rings (SSSR count). The van der Waals surface area contributed by atoms with E-state index in [1.54, 1.807) is 30.3 Å². The average molecular weight is 279 g/mol. The van der Waals surface area contributed by atoms with Crippen LogP contribution in [-0.4, -0.2) is 11.6 Å². The molecule has 0 heterocycles. The molecule has 0 atom stereocenters. The van der Waals surface area contributed by atoms with Crippen molar-refractivity contribution in [2.45, 2.75) is 0 Å². The van der Waals surface area contributed by atoms with E-state index in [1.165, 1.54) is 18.2 Å². The largest absolute Gasteiger partial charge is 0.285 e. The SMILES string of the molecule is O=C(C(=O)c1cccc(Cl)c1)c1ccc(Cl)cc1. The Balaban J connectivity index is 2.29. The summed E-state index contributed by atoms with van der Waals surface area (Å²) in [5.41, 5.74) is 0.590. The monoisotopic (exact) mass is 278 g/mol. The molecular weight excluding hydrogens is 271 g/mol. The van der Waals surface area contributed by atoms with Gasteiger partial charge < -0.3 is 0 Å². The van der Waals surface area contributed by atoms with Gasteiger partial charge in [0.15, 0.2) is 0 Å². The van der Waals surface area contributed by atoms with Crippen molar-refractivity contribution in [2.24, 2.45) is 0 Å². The quantitative estimate of drug-likeness (QED) is 0.627. The minimum Gasteiger partial charge on any atom is -0.285 e. The van der Waals surface area contributed by atoms with Crippen LogP contribution in [0.5, 0.6) is 0 Å². The molecule has 0 spiro atoms. The van der Waals surface area contributed by atoms with E-state index < -0.39 is 11.6 Å². The molecule has 0 fully saturated rings. The lowest BCUT2D eigenvalue weighted by Gasteiger charge is -2.01. The first-order valence-corrected chi connectivity index (χ1v) is 5.93. The number of carbonyl (C=O) groups excluding carboxylic acids is 2. The first-order valence-electron chi connectivity index (χ1n) is 5.18. The number of ketones is 2. The van der Waals surface area contributed by atoms with Crippen LogP contribution in [0.25, 0.3) is 0 Å². The van der Waals surface area contributed by atoms with Crippen molar-refractivity contribution >= 4 is 34.8 Å². The van der Waals surface area contributed by atoms with E-state index in [0.717, 1.165) is 0 Å². The van der Waals surface area contributed by atoms with Crippen LogP contribution in [0.4, 0.5) is 0 Å². The highest BCUT2D eigenvalue weighted by molar-refractivity contribution is 6.49. The van der Waals surface area contributed by atoms with Gasteiger partial charge >= 0.3 is 0 Å². The zero-order chi connectivity index (χ0) is 13.1. The summed E-state index contributed by atoms with van der Waals surface area (Å²) < 4.78 is 0. The van der Waals surface area contributed by atoms with E-state index in [9.17, 15) is 9.59 Å². The fourth-order valence-corrected chi connectivity index (χ4v) is 1.81. The average Bonchev–Trinajstić information content (AvgIpc) is 2.38. The van der Waals surface area contributed by atoms with Crippen LogP contribution in [0.3, 0.4) is 0 Å². The fraction of sp³-hybridized carbons (Fsp3) is 0. The van der Waals surface area contributed by atoms with Gasteiger partial charge in [0, 0.05) is 21.2 Å². The van der Waals surface area contributed by atoms with E-state index in [2.05, 4.69) is 0 Å². The number of Topliss-reactive ketones (excluding diaryl/α,β-unsaturated/α-hetero) is 2. The lowest BCUT2D eigenvalue weighted by atomic mass is 10.0. The molecule has 4 heteroatoms. The number of hydrogen-bond donors (Lipinski definition) is 0. The smallest absolute Gasteiger partial charge is 0.233 e. The van der Waals surface area contributed by atoms with Gasteiger partial charge in [0.2, 0.25) is 11.6 Å². The van der Waals surface area contributed by atoms with Gasteiger partial charge in [0.1, 0.15) is 0 Å². The summed E-state index contributed by atoms with van der Waals surface area (Å²) in [7, 11) is 0. The second-order valence-corrected chi connectivity index (χ2v) is 4.55. The minimum absolute atomic E-state index is 0.280. The summed E-state index contributed by atoms with van der Waals surface area (Å²) in [6, 6.07) is 12.5. The molecule has 0 aromatic heterocycles. The van der Waals surface area contributed by atoms with Crippen molar-refractivity contribution in [2.75, 3.05) is 0 Å². The molecule has 2 aromatic carbocycles. The second-order valence-electron chi connectivity index (χ2n) is 3.68. The molecule has 0 radical (unpaired) electrons. The Morgan fingerprint density at radius 3 is 1.94 bits per heavy atom. The second kappa shape index (κ2) is 5.34. The molecule has 0 aliphatic carbocycles. The van der Waals surface area contributed by atoms with Gasteiger partial charge in [-0.25, -0.2) is 0 Å². The molecule has 0 N–H and O–H groups in total. The van der Waals surface area contributed by atoms with Crippen LogP contribution < -0.4 is 0 Å². The molecule has 0 bridgehead atoms. The lowest BCUT2D eigenvalue weighted by Crippen LogP contribution is -2.14. The van der Waals surface area contributed by atoms with Gasteiger partial charge in [-0.1, -0.05) is 35.3 Å². The summed E-state index contributed by atoms with van der Waals surface area (Å²) >= 11 is 11.5. The molecule has 90 valence electrons. The van der Waals surface area contributed by atoms with E-state index in [1.807, 2.05) is 0 Å². The number of rotatable bonds is 3. The van der Waals surface area contributed by atoms with Crippen LogP contribution in [0, 0.1) is 0 Å². The summed E-state index contributed by atoms with van der Waals surface area (Å²) in [4.78, 5) is 23.9. The van der Waals surface area contributed by atoms with E-state index >= 15 is 0 Å². The third kappa shape index (κ3) is 2.78. The number of halogens is 2. The van der Waals surface area contributed by atoms with Crippen molar-refractivity contribution in [1.82, 2.24) is 0 Å². The molecule has 0 aliphatic heterocycles. The Morgan fingerprint density at radius 2 is 1.33 bits per heavy atom. The van der Waals surface area contributed by atoms with Gasteiger partial charge in [-0.05, 0) is 36.4 Å². The molecule has 18 heavy (non-hydrogen) atoms. The van der Waals surface area contributed by atoms with Crippen LogP contribution >= 0.6 is 23.2 Å². The molecule has 2 aromatic rings. The topological polar surface area (TPSA) is 34.1 Å². The number of carbonyl (C=O) groups is 2. The third-order valence-corrected chi connectivity index (χ3v) is 2.89. The molecular formula is C14H8Cl2O2. The summed E-state index contributed by atoms with van der Waals surface area (Å²) in [5.74, 6) is -1.16. The molecule has 2 nitrogen and oxygen atoms in total. The van der Waals surface area contributed by atoms with Gasteiger partial charge in [-0.3, -0.25) is 9.59 Å². The number of hydrogen-bond acceptors (Lipinski definition) is 2. The minimum atomic E-state index is -0.583. The van der Waals surface area contributed by atoms with E-state index in [-0.39, 0.29) is 5.56 Å². The maximum atomic E-state index is 11.9. The maximum Gasteiger partial charge on any atom is 0.233 e. The Bertz CT molecular complexity index is 603. The van der Waals surface area contributed by atoms with Crippen LogP contribution in [0.2, 0.25) is 10.0 Å². The van der Waals surface area contributed by atoms with E-state index in [4.69, 9.17) is 23.2 Å². The van der Waals surface area contributed by atoms with Crippen molar-refractivity contribution in [3.05, 3.63) is 69.7 Å². The predicted octanol–water partition coefficient (Wildman–Crippen LogP) is 4.06. The Kier molecular flexibility index (Phi) is 3.80. The van der Waals surface area contributed by atoms with Gasteiger partial charge in [0.05, 0.1) is 0 Å². The zero-order valence-electron chi connectivity index (χ0n) is 9.19. The van der Waals surface area contributed by atoms with Crippen molar-refractivity contribution in [3.63, 3.8) is 0 Å². The predicted molar refractivity (Wildman–Crippen MR) is 71.6 cm³/mol. The van der Waals surface area contributed by atoms with Crippen molar-refractivity contribution in [1.29, 1.82) is 0 Å². The Hall–Kier alpha value is -1.64.